The lowest BCUT2D eigenvalue weighted by Crippen LogP contribution is -2.39. The summed E-state index contributed by atoms with van der Waals surface area (Å²) in [6, 6.07) is 0.152. The first kappa shape index (κ1) is 12.4. The van der Waals surface area contributed by atoms with Gasteiger partial charge >= 0.3 is 0 Å². The van der Waals surface area contributed by atoms with Gasteiger partial charge in [0.1, 0.15) is 0 Å². The Bertz CT molecular complexity index is 157. The summed E-state index contributed by atoms with van der Waals surface area (Å²) >= 11 is 0. The summed E-state index contributed by atoms with van der Waals surface area (Å²) in [7, 11) is 1.82. The second-order valence-electron chi connectivity index (χ2n) is 4.02. The van der Waals surface area contributed by atoms with Crippen LogP contribution >= 0.6 is 0 Å². The Morgan fingerprint density at radius 1 is 1.38 bits per heavy atom. The number of nitrogens with zero attached hydrogens (tertiary/aromatic N) is 1. The third-order valence-corrected chi connectivity index (χ3v) is 2.33. The summed E-state index contributed by atoms with van der Waals surface area (Å²) in [6.45, 7) is 6.75. The van der Waals surface area contributed by atoms with Crippen molar-refractivity contribution < 1.29 is 4.79 Å². The molecule has 1 amide bonds. The highest BCUT2D eigenvalue weighted by Crippen LogP contribution is 2.06. The van der Waals surface area contributed by atoms with Gasteiger partial charge in [-0.2, -0.15) is 0 Å². The van der Waals surface area contributed by atoms with E-state index in [1.54, 1.807) is 4.90 Å². The first-order chi connectivity index (χ1) is 5.99. The maximum atomic E-state index is 11.5. The van der Waals surface area contributed by atoms with Gasteiger partial charge in [0.25, 0.3) is 0 Å². The van der Waals surface area contributed by atoms with Crippen molar-refractivity contribution in [3.63, 3.8) is 0 Å². The van der Waals surface area contributed by atoms with Crippen molar-refractivity contribution >= 4 is 5.91 Å². The molecule has 0 spiro atoms. The van der Waals surface area contributed by atoms with E-state index >= 15 is 0 Å². The van der Waals surface area contributed by atoms with Crippen molar-refractivity contribution in [1.29, 1.82) is 0 Å². The van der Waals surface area contributed by atoms with E-state index in [1.807, 2.05) is 14.0 Å². The number of likely N-dealkylation sites (N-methyl/N-ethyl adjacent to an activating group) is 1. The van der Waals surface area contributed by atoms with Crippen LogP contribution in [0.15, 0.2) is 0 Å². The fraction of sp³-hybridized carbons (Fsp3) is 0.900. The molecule has 0 rings (SSSR count). The quantitative estimate of drug-likeness (QED) is 0.702. The lowest BCUT2D eigenvalue weighted by molar-refractivity contribution is -0.131. The molecule has 3 heteroatoms. The van der Waals surface area contributed by atoms with Crippen LogP contribution in [0.5, 0.6) is 0 Å². The number of carbonyl (C=O) groups excluding carboxylic acids is 1. The molecule has 0 aromatic carbocycles. The Hall–Kier alpha value is -0.570. The Balaban J connectivity index is 3.82. The van der Waals surface area contributed by atoms with Gasteiger partial charge in [0, 0.05) is 26.1 Å². The minimum atomic E-state index is 0.152. The summed E-state index contributed by atoms with van der Waals surface area (Å²) < 4.78 is 0. The van der Waals surface area contributed by atoms with E-state index in [0.29, 0.717) is 18.9 Å². The number of nitrogens with two attached hydrogens (primary N) is 1. The molecule has 13 heavy (non-hydrogen) atoms. The van der Waals surface area contributed by atoms with Gasteiger partial charge in [0.2, 0.25) is 5.91 Å². The van der Waals surface area contributed by atoms with Gasteiger partial charge < -0.3 is 10.6 Å². The van der Waals surface area contributed by atoms with E-state index in [1.165, 1.54) is 0 Å². The van der Waals surface area contributed by atoms with Gasteiger partial charge in [0.15, 0.2) is 0 Å². The lowest BCUT2D eigenvalue weighted by atomic mass is 10.1. The molecule has 3 nitrogen and oxygen atoms in total. The second kappa shape index (κ2) is 5.97. The fourth-order valence-corrected chi connectivity index (χ4v) is 0.992. The molecule has 1 atom stereocenters. The summed E-state index contributed by atoms with van der Waals surface area (Å²) in [4.78, 5) is 13.3. The van der Waals surface area contributed by atoms with Crippen LogP contribution < -0.4 is 5.73 Å². The molecule has 0 saturated heterocycles. The molecule has 0 aliphatic carbocycles. The van der Waals surface area contributed by atoms with Crippen LogP contribution in [0.1, 0.15) is 33.6 Å². The Kier molecular flexibility index (Phi) is 5.71. The standard InChI is InChI=1S/C10H22N2O/c1-8(2)5-6-10(13)12(4)9(3)7-11/h8-9H,5-7,11H2,1-4H3. The van der Waals surface area contributed by atoms with E-state index in [9.17, 15) is 4.79 Å². The van der Waals surface area contributed by atoms with Crippen molar-refractivity contribution in [3.05, 3.63) is 0 Å². The van der Waals surface area contributed by atoms with E-state index in [2.05, 4.69) is 13.8 Å². The average molecular weight is 186 g/mol. The van der Waals surface area contributed by atoms with Crippen LogP contribution in [0.3, 0.4) is 0 Å². The molecule has 2 N–H and O–H groups in total. The maximum absolute atomic E-state index is 11.5. The van der Waals surface area contributed by atoms with Crippen molar-refractivity contribution in [2.24, 2.45) is 11.7 Å². The van der Waals surface area contributed by atoms with Crippen LogP contribution in [0.4, 0.5) is 0 Å². The molecule has 1 unspecified atom stereocenters. The molecule has 0 aromatic rings. The number of amides is 1. The molecule has 78 valence electrons. The fourth-order valence-electron chi connectivity index (χ4n) is 0.992. The summed E-state index contributed by atoms with van der Waals surface area (Å²) in [6.07, 6.45) is 1.60. The van der Waals surface area contributed by atoms with Gasteiger partial charge in [-0.3, -0.25) is 4.79 Å². The van der Waals surface area contributed by atoms with Gasteiger partial charge in [-0.05, 0) is 19.3 Å². The summed E-state index contributed by atoms with van der Waals surface area (Å²) in [5.41, 5.74) is 5.47. The summed E-state index contributed by atoms with van der Waals surface area (Å²) in [5.74, 6) is 0.789. The van der Waals surface area contributed by atoms with Gasteiger partial charge in [-0.1, -0.05) is 13.8 Å². The lowest BCUT2D eigenvalue weighted by Gasteiger charge is -2.23. The third kappa shape index (κ3) is 4.88. The molecule has 0 aromatic heterocycles. The van der Waals surface area contributed by atoms with Gasteiger partial charge in [-0.15, -0.1) is 0 Å². The average Bonchev–Trinajstić information content (AvgIpc) is 2.11. The number of hydrogen-bond donors (Lipinski definition) is 1. The Labute approximate surface area is 81.3 Å². The molecule has 0 saturated carbocycles. The zero-order valence-corrected chi connectivity index (χ0v) is 9.21. The van der Waals surface area contributed by atoms with Crippen molar-refractivity contribution in [3.8, 4) is 0 Å². The van der Waals surface area contributed by atoms with Crippen molar-refractivity contribution in [1.82, 2.24) is 4.90 Å². The molecule has 0 bridgehead atoms. The summed E-state index contributed by atoms with van der Waals surface area (Å²) in [5, 5.41) is 0. The van der Waals surface area contributed by atoms with Crippen LogP contribution in [-0.4, -0.2) is 30.4 Å². The highest BCUT2D eigenvalue weighted by molar-refractivity contribution is 5.76. The third-order valence-electron chi connectivity index (χ3n) is 2.33. The van der Waals surface area contributed by atoms with E-state index in [4.69, 9.17) is 5.73 Å². The monoisotopic (exact) mass is 186 g/mol. The zero-order chi connectivity index (χ0) is 10.4. The van der Waals surface area contributed by atoms with Crippen molar-refractivity contribution in [2.75, 3.05) is 13.6 Å². The number of carbonyl (C=O) groups is 1. The predicted molar refractivity (Wildman–Crippen MR) is 55.4 cm³/mol. The molecular weight excluding hydrogens is 164 g/mol. The highest BCUT2D eigenvalue weighted by atomic mass is 16.2. The largest absolute Gasteiger partial charge is 0.342 e. The smallest absolute Gasteiger partial charge is 0.222 e. The first-order valence-electron chi connectivity index (χ1n) is 4.94. The minimum Gasteiger partial charge on any atom is -0.342 e. The molecule has 0 radical (unpaired) electrons. The number of hydrogen-bond acceptors (Lipinski definition) is 2. The molecule has 0 heterocycles. The molecule has 0 aliphatic heterocycles. The van der Waals surface area contributed by atoms with Crippen LogP contribution in [-0.2, 0) is 4.79 Å². The molecule has 0 aliphatic rings. The Morgan fingerprint density at radius 2 is 1.92 bits per heavy atom. The second-order valence-corrected chi connectivity index (χ2v) is 4.02. The van der Waals surface area contributed by atoms with E-state index in [-0.39, 0.29) is 11.9 Å². The van der Waals surface area contributed by atoms with Crippen LogP contribution in [0.2, 0.25) is 0 Å². The Morgan fingerprint density at radius 3 is 2.31 bits per heavy atom. The molecular formula is C10H22N2O. The normalized spacial score (nSPS) is 13.1. The van der Waals surface area contributed by atoms with E-state index in [0.717, 1.165) is 6.42 Å². The van der Waals surface area contributed by atoms with E-state index < -0.39 is 0 Å². The highest BCUT2D eigenvalue weighted by Gasteiger charge is 2.13. The minimum absolute atomic E-state index is 0.152. The van der Waals surface area contributed by atoms with Crippen LogP contribution in [0.25, 0.3) is 0 Å². The maximum Gasteiger partial charge on any atom is 0.222 e. The van der Waals surface area contributed by atoms with Crippen molar-refractivity contribution in [2.45, 2.75) is 39.7 Å². The topological polar surface area (TPSA) is 46.3 Å². The molecule has 0 fully saturated rings. The SMILES string of the molecule is CC(C)CCC(=O)N(C)C(C)CN. The zero-order valence-electron chi connectivity index (χ0n) is 9.21. The first-order valence-corrected chi connectivity index (χ1v) is 4.94. The van der Waals surface area contributed by atoms with Gasteiger partial charge in [0.05, 0.1) is 0 Å². The van der Waals surface area contributed by atoms with Crippen LogP contribution in [0, 0.1) is 5.92 Å². The number of rotatable bonds is 5. The van der Waals surface area contributed by atoms with Gasteiger partial charge in [-0.25, -0.2) is 0 Å². The predicted octanol–water partition coefficient (Wildman–Crippen LogP) is 1.23.